The molecule has 1 aromatic heterocycles. The summed E-state index contributed by atoms with van der Waals surface area (Å²) in [6, 6.07) is 5.07. The van der Waals surface area contributed by atoms with E-state index in [9.17, 15) is 14.4 Å². The highest BCUT2D eigenvalue weighted by molar-refractivity contribution is 6.10. The van der Waals surface area contributed by atoms with Gasteiger partial charge in [0, 0.05) is 13.0 Å². The smallest absolute Gasteiger partial charge is 0.327 e. The number of aromatic nitrogens is 2. The number of nitrogens with one attached hydrogen (secondary N) is 1. The molecule has 9 nitrogen and oxygen atoms in total. The summed E-state index contributed by atoms with van der Waals surface area (Å²) in [5.74, 6) is 0.261. The number of hydrogen-bond donors (Lipinski definition) is 1. The minimum atomic E-state index is -0.805. The van der Waals surface area contributed by atoms with Gasteiger partial charge in [0.15, 0.2) is 5.82 Å². The molecule has 1 N–H and O–H groups in total. The molecule has 1 spiro atoms. The van der Waals surface area contributed by atoms with Crippen molar-refractivity contribution in [2.24, 2.45) is 0 Å². The van der Waals surface area contributed by atoms with E-state index >= 15 is 0 Å². The summed E-state index contributed by atoms with van der Waals surface area (Å²) in [7, 11) is 1.66. The van der Waals surface area contributed by atoms with Crippen LogP contribution in [-0.2, 0) is 9.59 Å². The van der Waals surface area contributed by atoms with Crippen molar-refractivity contribution in [3.63, 3.8) is 0 Å². The Hall–Kier alpha value is -3.23. The Morgan fingerprint density at radius 1 is 1.22 bits per heavy atom. The molecule has 1 aliphatic heterocycles. The Morgan fingerprint density at radius 2 is 1.94 bits per heavy atom. The highest BCUT2D eigenvalue weighted by atomic mass is 16.5. The molecule has 1 saturated heterocycles. The second kappa shape index (κ2) is 8.37. The number of carbonyl (C=O) groups is 3. The van der Waals surface area contributed by atoms with Crippen molar-refractivity contribution in [1.82, 2.24) is 19.9 Å². The van der Waals surface area contributed by atoms with E-state index in [4.69, 9.17) is 4.52 Å². The van der Waals surface area contributed by atoms with Gasteiger partial charge in [0.1, 0.15) is 12.1 Å². The van der Waals surface area contributed by atoms with Gasteiger partial charge < -0.3 is 14.7 Å². The van der Waals surface area contributed by atoms with Crippen LogP contribution in [0.15, 0.2) is 22.7 Å². The Kier molecular flexibility index (Phi) is 5.75. The van der Waals surface area contributed by atoms with E-state index < -0.39 is 17.5 Å². The van der Waals surface area contributed by atoms with Crippen LogP contribution in [0.1, 0.15) is 63.3 Å². The van der Waals surface area contributed by atoms with Crippen LogP contribution in [0.5, 0.6) is 0 Å². The number of hydrogen-bond acceptors (Lipinski definition) is 6. The molecule has 4 rings (SSSR count). The third-order valence-corrected chi connectivity index (χ3v) is 6.51. The fraction of sp³-hybridized carbons (Fsp3) is 0.522. The van der Waals surface area contributed by atoms with Crippen LogP contribution in [0.3, 0.4) is 0 Å². The monoisotopic (exact) mass is 439 g/mol. The van der Waals surface area contributed by atoms with E-state index in [-0.39, 0.29) is 18.4 Å². The first kappa shape index (κ1) is 22.0. The van der Waals surface area contributed by atoms with Crippen LogP contribution >= 0.6 is 0 Å². The second-order valence-electron chi connectivity index (χ2n) is 8.98. The molecule has 4 amide bonds. The molecular formula is C23H29N5O4. The summed E-state index contributed by atoms with van der Waals surface area (Å²) in [5.41, 5.74) is 1.12. The number of para-hydroxylation sites is 1. The zero-order valence-electron chi connectivity index (χ0n) is 19.0. The summed E-state index contributed by atoms with van der Waals surface area (Å²) in [4.78, 5) is 45.9. The van der Waals surface area contributed by atoms with Gasteiger partial charge in [-0.05, 0) is 31.4 Å². The van der Waals surface area contributed by atoms with Crippen molar-refractivity contribution < 1.29 is 18.9 Å². The first-order valence-corrected chi connectivity index (χ1v) is 11.1. The second-order valence-corrected chi connectivity index (χ2v) is 8.98. The third-order valence-electron chi connectivity index (χ3n) is 6.51. The van der Waals surface area contributed by atoms with Crippen molar-refractivity contribution in [1.29, 1.82) is 0 Å². The molecule has 170 valence electrons. The number of carbonyl (C=O) groups excluding carboxylic acids is 3. The summed E-state index contributed by atoms with van der Waals surface area (Å²) in [6.07, 6.45) is 4.14. The average molecular weight is 440 g/mol. The minimum absolute atomic E-state index is 0.103. The highest BCUT2D eigenvalue weighted by Crippen LogP contribution is 2.39. The van der Waals surface area contributed by atoms with E-state index in [1.165, 1.54) is 4.90 Å². The molecule has 1 aromatic carbocycles. The number of nitrogens with zero attached hydrogens (tertiary/aromatic N) is 4. The van der Waals surface area contributed by atoms with Gasteiger partial charge in [-0.15, -0.1) is 0 Å². The predicted molar refractivity (Wildman–Crippen MR) is 118 cm³/mol. The van der Waals surface area contributed by atoms with Crippen LogP contribution in [0.2, 0.25) is 0 Å². The van der Waals surface area contributed by atoms with Crippen LogP contribution in [-0.4, -0.2) is 56.9 Å². The van der Waals surface area contributed by atoms with Crippen molar-refractivity contribution >= 4 is 23.5 Å². The minimum Gasteiger partial charge on any atom is -0.334 e. The van der Waals surface area contributed by atoms with Gasteiger partial charge in [-0.3, -0.25) is 14.5 Å². The lowest BCUT2D eigenvalue weighted by Crippen LogP contribution is -2.49. The topological polar surface area (TPSA) is 109 Å². The molecule has 1 aliphatic carbocycles. The number of aryl methyl sites for hydroxylation is 1. The summed E-state index contributed by atoms with van der Waals surface area (Å²) < 4.78 is 5.41. The van der Waals surface area contributed by atoms with Gasteiger partial charge in [-0.2, -0.15) is 4.98 Å². The van der Waals surface area contributed by atoms with Crippen molar-refractivity contribution in [3.05, 3.63) is 29.6 Å². The van der Waals surface area contributed by atoms with Gasteiger partial charge >= 0.3 is 6.03 Å². The van der Waals surface area contributed by atoms with Crippen LogP contribution < -0.4 is 5.32 Å². The number of anilines is 1. The number of likely N-dealkylation sites (N-methyl/N-ethyl adjacent to an activating group) is 1. The number of amides is 4. The Bertz CT molecular complexity index is 1050. The van der Waals surface area contributed by atoms with E-state index in [1.807, 2.05) is 32.9 Å². The van der Waals surface area contributed by atoms with Crippen LogP contribution in [0.4, 0.5) is 10.5 Å². The number of rotatable bonds is 5. The lowest BCUT2D eigenvalue weighted by molar-refractivity contribution is -0.136. The lowest BCUT2D eigenvalue weighted by Gasteiger charge is -2.35. The highest BCUT2D eigenvalue weighted by Gasteiger charge is 2.55. The average Bonchev–Trinajstić information content (AvgIpc) is 3.33. The zero-order valence-corrected chi connectivity index (χ0v) is 19.0. The van der Waals surface area contributed by atoms with Gasteiger partial charge in [-0.25, -0.2) is 4.79 Å². The largest absolute Gasteiger partial charge is 0.334 e. The third kappa shape index (κ3) is 3.65. The maximum Gasteiger partial charge on any atom is 0.327 e. The number of urea groups is 1. The van der Waals surface area contributed by atoms with E-state index in [1.54, 1.807) is 13.1 Å². The SMILES string of the molecule is Cc1cccc(-c2nc(C(C)C)no2)c1NC(=O)CN1C(=O)N(C)C2(CCCCC2)C1=O. The van der Waals surface area contributed by atoms with Crippen LogP contribution in [0.25, 0.3) is 11.5 Å². The Balaban J connectivity index is 1.55. The van der Waals surface area contributed by atoms with Crippen LogP contribution in [0, 0.1) is 6.92 Å². The molecule has 0 atom stereocenters. The summed E-state index contributed by atoms with van der Waals surface area (Å²) in [5, 5.41) is 6.86. The molecular weight excluding hydrogens is 410 g/mol. The molecule has 2 fully saturated rings. The van der Waals surface area contributed by atoms with Gasteiger partial charge in [0.05, 0.1) is 11.3 Å². The van der Waals surface area contributed by atoms with Gasteiger partial charge in [-0.1, -0.05) is 50.4 Å². The molecule has 0 unspecified atom stereocenters. The van der Waals surface area contributed by atoms with Crippen molar-refractivity contribution in [2.45, 2.75) is 64.3 Å². The first-order chi connectivity index (χ1) is 15.2. The Morgan fingerprint density at radius 3 is 2.59 bits per heavy atom. The first-order valence-electron chi connectivity index (χ1n) is 11.1. The molecule has 2 heterocycles. The zero-order chi connectivity index (χ0) is 23.0. The van der Waals surface area contributed by atoms with E-state index in [0.29, 0.717) is 35.8 Å². The number of benzene rings is 1. The fourth-order valence-corrected chi connectivity index (χ4v) is 4.58. The standard InChI is InChI=1S/C23H29N5O4/c1-14(2)19-25-20(32-26-19)16-10-8-9-15(3)18(16)24-17(29)13-28-21(30)23(27(4)22(28)31)11-6-5-7-12-23/h8-10,14H,5-7,11-13H2,1-4H3,(H,24,29). The normalized spacial score (nSPS) is 18.2. The molecule has 1 saturated carbocycles. The van der Waals surface area contributed by atoms with Gasteiger partial charge in [0.25, 0.3) is 11.8 Å². The quantitative estimate of drug-likeness (QED) is 0.712. The molecule has 32 heavy (non-hydrogen) atoms. The van der Waals surface area contributed by atoms with Gasteiger partial charge in [0.2, 0.25) is 5.91 Å². The summed E-state index contributed by atoms with van der Waals surface area (Å²) >= 11 is 0. The van der Waals surface area contributed by atoms with Crippen molar-refractivity contribution in [2.75, 3.05) is 18.9 Å². The molecule has 9 heteroatoms. The summed E-state index contributed by atoms with van der Waals surface area (Å²) in [6.45, 7) is 5.45. The maximum absolute atomic E-state index is 13.2. The molecule has 0 bridgehead atoms. The van der Waals surface area contributed by atoms with E-state index in [0.717, 1.165) is 29.7 Å². The lowest BCUT2D eigenvalue weighted by atomic mass is 9.81. The molecule has 2 aliphatic rings. The maximum atomic E-state index is 13.2. The molecule has 2 aromatic rings. The fourth-order valence-electron chi connectivity index (χ4n) is 4.58. The predicted octanol–water partition coefficient (Wildman–Crippen LogP) is 3.70. The van der Waals surface area contributed by atoms with Crippen molar-refractivity contribution in [3.8, 4) is 11.5 Å². The number of imide groups is 1. The Labute approximate surface area is 187 Å². The molecule has 0 radical (unpaired) electrons. The van der Waals surface area contributed by atoms with E-state index in [2.05, 4.69) is 15.5 Å².